The summed E-state index contributed by atoms with van der Waals surface area (Å²) in [5.74, 6) is 0.207. The lowest BCUT2D eigenvalue weighted by molar-refractivity contribution is -0.129. The van der Waals surface area contributed by atoms with Crippen LogP contribution in [-0.4, -0.2) is 30.4 Å². The Balaban J connectivity index is 1.55. The average molecular weight is 308 g/mol. The third kappa shape index (κ3) is 4.35. The Hall–Kier alpha value is -2.29. The highest BCUT2D eigenvalue weighted by Crippen LogP contribution is 2.21. The van der Waals surface area contributed by atoms with Gasteiger partial charge in [-0.2, -0.15) is 0 Å². The summed E-state index contributed by atoms with van der Waals surface area (Å²) in [4.78, 5) is 14.3. The number of carbonyl (C=O) groups is 1. The molecule has 0 radical (unpaired) electrons. The minimum atomic E-state index is 0.207. The summed E-state index contributed by atoms with van der Waals surface area (Å²) in [5.41, 5.74) is 3.39. The molecule has 120 valence electrons. The van der Waals surface area contributed by atoms with Crippen molar-refractivity contribution in [3.8, 4) is 11.1 Å². The summed E-state index contributed by atoms with van der Waals surface area (Å²) in [6.45, 7) is 2.20. The fourth-order valence-corrected chi connectivity index (χ4v) is 3.02. The van der Waals surface area contributed by atoms with Crippen molar-refractivity contribution in [1.29, 1.82) is 0 Å². The number of nitrogens with one attached hydrogen (secondary N) is 1. The molecule has 0 saturated carbocycles. The Morgan fingerprint density at radius 3 is 2.09 bits per heavy atom. The molecule has 3 heteroatoms. The van der Waals surface area contributed by atoms with E-state index in [1.807, 2.05) is 35.2 Å². The molecule has 2 aromatic rings. The summed E-state index contributed by atoms with van der Waals surface area (Å²) < 4.78 is 0. The van der Waals surface area contributed by atoms with Crippen LogP contribution in [0.25, 0.3) is 11.1 Å². The quantitative estimate of drug-likeness (QED) is 0.919. The molecule has 0 bridgehead atoms. The Bertz CT molecular complexity index is 614. The number of amides is 1. The average Bonchev–Trinajstić information content (AvgIpc) is 2.90. The van der Waals surface area contributed by atoms with E-state index in [4.69, 9.17) is 0 Å². The number of anilines is 1. The van der Waals surface area contributed by atoms with Gasteiger partial charge in [0.2, 0.25) is 5.91 Å². The fourth-order valence-electron chi connectivity index (χ4n) is 3.02. The van der Waals surface area contributed by atoms with Gasteiger partial charge >= 0.3 is 0 Å². The van der Waals surface area contributed by atoms with Crippen LogP contribution in [-0.2, 0) is 4.79 Å². The highest BCUT2D eigenvalue weighted by atomic mass is 16.2. The normalized spacial score (nSPS) is 15.0. The molecule has 0 spiro atoms. The van der Waals surface area contributed by atoms with Gasteiger partial charge in [0.15, 0.2) is 0 Å². The van der Waals surface area contributed by atoms with Crippen LogP contribution in [0, 0.1) is 0 Å². The maximum Gasteiger partial charge on any atom is 0.241 e. The van der Waals surface area contributed by atoms with E-state index in [9.17, 15) is 4.79 Å². The summed E-state index contributed by atoms with van der Waals surface area (Å²) in [6.07, 6.45) is 4.77. The second-order valence-corrected chi connectivity index (χ2v) is 6.09. The van der Waals surface area contributed by atoms with Crippen LogP contribution in [0.5, 0.6) is 0 Å². The van der Waals surface area contributed by atoms with Crippen molar-refractivity contribution in [1.82, 2.24) is 4.90 Å². The van der Waals surface area contributed by atoms with Crippen molar-refractivity contribution < 1.29 is 4.79 Å². The third-order valence-corrected chi connectivity index (χ3v) is 4.39. The summed E-state index contributed by atoms with van der Waals surface area (Å²) in [5, 5.41) is 3.25. The molecular weight excluding hydrogens is 284 g/mol. The van der Waals surface area contributed by atoms with Crippen molar-refractivity contribution in [2.45, 2.75) is 25.7 Å². The summed E-state index contributed by atoms with van der Waals surface area (Å²) in [6, 6.07) is 18.6. The molecule has 0 unspecified atom stereocenters. The van der Waals surface area contributed by atoms with Crippen LogP contribution < -0.4 is 5.32 Å². The molecule has 1 heterocycles. The SMILES string of the molecule is O=C(CNc1ccc(-c2ccccc2)cc1)N1CCCCCC1. The number of benzene rings is 2. The van der Waals surface area contributed by atoms with Gasteiger partial charge in [0, 0.05) is 18.8 Å². The minimum Gasteiger partial charge on any atom is -0.376 e. The van der Waals surface area contributed by atoms with Crippen molar-refractivity contribution >= 4 is 11.6 Å². The predicted molar refractivity (Wildman–Crippen MR) is 95.4 cm³/mol. The lowest BCUT2D eigenvalue weighted by atomic mass is 10.1. The van der Waals surface area contributed by atoms with Gasteiger partial charge in [0.25, 0.3) is 0 Å². The Kier molecular flexibility index (Phi) is 5.30. The third-order valence-electron chi connectivity index (χ3n) is 4.39. The number of likely N-dealkylation sites (tertiary alicyclic amines) is 1. The molecule has 0 atom stereocenters. The van der Waals surface area contributed by atoms with Crippen LogP contribution >= 0.6 is 0 Å². The Morgan fingerprint density at radius 2 is 1.43 bits per heavy atom. The molecule has 0 aliphatic carbocycles. The molecule has 1 aliphatic rings. The van der Waals surface area contributed by atoms with Crippen molar-refractivity contribution in [3.63, 3.8) is 0 Å². The standard InChI is InChI=1S/C20H24N2O/c23-20(22-14-6-1-2-7-15-22)16-21-19-12-10-18(11-13-19)17-8-4-3-5-9-17/h3-5,8-13,21H,1-2,6-7,14-16H2. The van der Waals surface area contributed by atoms with Gasteiger partial charge in [-0.3, -0.25) is 4.79 Å². The Labute approximate surface area is 138 Å². The highest BCUT2D eigenvalue weighted by Gasteiger charge is 2.14. The minimum absolute atomic E-state index is 0.207. The summed E-state index contributed by atoms with van der Waals surface area (Å²) in [7, 11) is 0. The Morgan fingerprint density at radius 1 is 0.826 bits per heavy atom. The van der Waals surface area contributed by atoms with Gasteiger partial charge in [0.1, 0.15) is 0 Å². The van der Waals surface area contributed by atoms with Crippen LogP contribution in [0.1, 0.15) is 25.7 Å². The van der Waals surface area contributed by atoms with Crippen LogP contribution in [0.3, 0.4) is 0 Å². The van der Waals surface area contributed by atoms with Crippen molar-refractivity contribution in [2.75, 3.05) is 25.0 Å². The van der Waals surface area contributed by atoms with Crippen molar-refractivity contribution in [3.05, 3.63) is 54.6 Å². The number of carbonyl (C=O) groups excluding carboxylic acids is 1. The molecule has 1 N–H and O–H groups in total. The van der Waals surface area contributed by atoms with Crippen LogP contribution in [0.2, 0.25) is 0 Å². The predicted octanol–water partition coefficient (Wildman–Crippen LogP) is 4.17. The zero-order valence-corrected chi connectivity index (χ0v) is 13.5. The molecule has 3 nitrogen and oxygen atoms in total. The molecule has 2 aromatic carbocycles. The zero-order chi connectivity index (χ0) is 15.9. The van der Waals surface area contributed by atoms with E-state index in [2.05, 4.69) is 29.6 Å². The molecule has 3 rings (SSSR count). The first-order chi connectivity index (χ1) is 11.3. The van der Waals surface area contributed by atoms with E-state index in [0.717, 1.165) is 31.6 Å². The smallest absolute Gasteiger partial charge is 0.241 e. The van der Waals surface area contributed by atoms with Crippen LogP contribution in [0.15, 0.2) is 54.6 Å². The van der Waals surface area contributed by atoms with Gasteiger partial charge in [-0.15, -0.1) is 0 Å². The van der Waals surface area contributed by atoms with Crippen LogP contribution in [0.4, 0.5) is 5.69 Å². The highest BCUT2D eigenvalue weighted by molar-refractivity contribution is 5.81. The van der Waals surface area contributed by atoms with Gasteiger partial charge in [-0.25, -0.2) is 0 Å². The van der Waals surface area contributed by atoms with E-state index >= 15 is 0 Å². The molecule has 1 amide bonds. The molecular formula is C20H24N2O. The lowest BCUT2D eigenvalue weighted by Crippen LogP contribution is -2.36. The summed E-state index contributed by atoms with van der Waals surface area (Å²) >= 11 is 0. The first-order valence-corrected chi connectivity index (χ1v) is 8.50. The van der Waals surface area contributed by atoms with Gasteiger partial charge in [-0.1, -0.05) is 55.3 Å². The number of hydrogen-bond donors (Lipinski definition) is 1. The first-order valence-electron chi connectivity index (χ1n) is 8.50. The molecule has 1 saturated heterocycles. The molecule has 1 fully saturated rings. The maximum absolute atomic E-state index is 12.3. The maximum atomic E-state index is 12.3. The fraction of sp³-hybridized carbons (Fsp3) is 0.350. The second-order valence-electron chi connectivity index (χ2n) is 6.09. The van der Waals surface area contributed by atoms with E-state index in [1.54, 1.807) is 0 Å². The monoisotopic (exact) mass is 308 g/mol. The molecule has 1 aliphatic heterocycles. The van der Waals surface area contributed by atoms with E-state index in [1.165, 1.54) is 24.0 Å². The number of hydrogen-bond acceptors (Lipinski definition) is 2. The van der Waals surface area contributed by atoms with E-state index in [0.29, 0.717) is 6.54 Å². The molecule has 23 heavy (non-hydrogen) atoms. The second kappa shape index (κ2) is 7.82. The lowest BCUT2D eigenvalue weighted by Gasteiger charge is -2.20. The largest absolute Gasteiger partial charge is 0.376 e. The molecule has 0 aromatic heterocycles. The van der Waals surface area contributed by atoms with Gasteiger partial charge < -0.3 is 10.2 Å². The van der Waals surface area contributed by atoms with E-state index < -0.39 is 0 Å². The number of rotatable bonds is 4. The topological polar surface area (TPSA) is 32.3 Å². The van der Waals surface area contributed by atoms with Crippen molar-refractivity contribution in [2.24, 2.45) is 0 Å². The van der Waals surface area contributed by atoms with Gasteiger partial charge in [0.05, 0.1) is 6.54 Å². The van der Waals surface area contributed by atoms with E-state index in [-0.39, 0.29) is 5.91 Å². The number of nitrogens with zero attached hydrogens (tertiary/aromatic N) is 1. The first kappa shape index (κ1) is 15.6. The zero-order valence-electron chi connectivity index (χ0n) is 13.5. The van der Waals surface area contributed by atoms with Gasteiger partial charge in [-0.05, 0) is 36.1 Å².